The standard InChI is InChI=1S/C8H9BrF3NOS/c9-7-2-1-6(15-7)5(13)3-14-4-8(10,11)12/h1-2,5H,3-4,13H2. The number of alkyl halides is 3. The molecule has 0 amide bonds. The number of rotatable bonds is 4. The van der Waals surface area contributed by atoms with Gasteiger partial charge in [-0.05, 0) is 28.1 Å². The molecule has 1 rings (SSSR count). The van der Waals surface area contributed by atoms with Gasteiger partial charge in [0.15, 0.2) is 0 Å². The van der Waals surface area contributed by atoms with Crippen LogP contribution in [-0.4, -0.2) is 19.4 Å². The van der Waals surface area contributed by atoms with Crippen molar-refractivity contribution in [1.29, 1.82) is 0 Å². The van der Waals surface area contributed by atoms with E-state index in [0.717, 1.165) is 8.66 Å². The largest absolute Gasteiger partial charge is 0.411 e. The van der Waals surface area contributed by atoms with Gasteiger partial charge in [-0.1, -0.05) is 0 Å². The summed E-state index contributed by atoms with van der Waals surface area (Å²) >= 11 is 4.63. The summed E-state index contributed by atoms with van der Waals surface area (Å²) in [7, 11) is 0. The number of thiophene rings is 1. The van der Waals surface area contributed by atoms with Crippen molar-refractivity contribution in [2.24, 2.45) is 5.73 Å². The Bertz CT molecular complexity index is 315. The molecule has 0 aromatic carbocycles. The highest BCUT2D eigenvalue weighted by atomic mass is 79.9. The highest BCUT2D eigenvalue weighted by Gasteiger charge is 2.27. The molecule has 0 aliphatic heterocycles. The van der Waals surface area contributed by atoms with Crippen molar-refractivity contribution >= 4 is 27.3 Å². The van der Waals surface area contributed by atoms with Gasteiger partial charge in [0.2, 0.25) is 0 Å². The Kier molecular flexibility index (Phi) is 4.57. The van der Waals surface area contributed by atoms with Crippen molar-refractivity contribution < 1.29 is 17.9 Å². The van der Waals surface area contributed by atoms with Gasteiger partial charge >= 0.3 is 6.18 Å². The summed E-state index contributed by atoms with van der Waals surface area (Å²) in [6.07, 6.45) is -4.30. The first-order valence-electron chi connectivity index (χ1n) is 4.04. The van der Waals surface area contributed by atoms with E-state index in [4.69, 9.17) is 5.73 Å². The van der Waals surface area contributed by atoms with E-state index in [1.807, 2.05) is 0 Å². The Morgan fingerprint density at radius 2 is 2.13 bits per heavy atom. The van der Waals surface area contributed by atoms with Gasteiger partial charge in [-0.15, -0.1) is 11.3 Å². The van der Waals surface area contributed by atoms with Crippen molar-refractivity contribution in [3.05, 3.63) is 20.8 Å². The second-order valence-corrected chi connectivity index (χ2v) is 5.37. The second-order valence-electron chi connectivity index (χ2n) is 2.88. The van der Waals surface area contributed by atoms with E-state index in [1.54, 1.807) is 12.1 Å². The SMILES string of the molecule is NC(COCC(F)(F)F)c1ccc(Br)s1. The van der Waals surface area contributed by atoms with Crippen molar-refractivity contribution in [3.63, 3.8) is 0 Å². The van der Waals surface area contributed by atoms with E-state index >= 15 is 0 Å². The van der Waals surface area contributed by atoms with Gasteiger partial charge in [0, 0.05) is 4.88 Å². The lowest BCUT2D eigenvalue weighted by Crippen LogP contribution is -2.22. The van der Waals surface area contributed by atoms with Crippen LogP contribution in [0.2, 0.25) is 0 Å². The molecule has 0 aliphatic carbocycles. The molecule has 0 spiro atoms. The van der Waals surface area contributed by atoms with Crippen molar-refractivity contribution in [1.82, 2.24) is 0 Å². The fourth-order valence-corrected chi connectivity index (χ4v) is 2.32. The summed E-state index contributed by atoms with van der Waals surface area (Å²) in [4.78, 5) is 0.795. The minimum atomic E-state index is -4.30. The molecular weight excluding hydrogens is 295 g/mol. The van der Waals surface area contributed by atoms with Crippen LogP contribution in [0.5, 0.6) is 0 Å². The highest BCUT2D eigenvalue weighted by Crippen LogP contribution is 2.26. The number of nitrogens with two attached hydrogens (primary N) is 1. The van der Waals surface area contributed by atoms with Gasteiger partial charge in [0.1, 0.15) is 6.61 Å². The molecule has 0 aliphatic rings. The number of hydrogen-bond donors (Lipinski definition) is 1. The van der Waals surface area contributed by atoms with Crippen LogP contribution in [0.25, 0.3) is 0 Å². The Balaban J connectivity index is 2.34. The highest BCUT2D eigenvalue weighted by molar-refractivity contribution is 9.11. The van der Waals surface area contributed by atoms with Crippen LogP contribution in [0.1, 0.15) is 10.9 Å². The topological polar surface area (TPSA) is 35.2 Å². The maximum Gasteiger partial charge on any atom is 0.411 e. The third-order valence-corrected chi connectivity index (χ3v) is 3.28. The van der Waals surface area contributed by atoms with Gasteiger partial charge in [0.25, 0.3) is 0 Å². The van der Waals surface area contributed by atoms with Crippen LogP contribution < -0.4 is 5.73 Å². The first-order valence-corrected chi connectivity index (χ1v) is 5.65. The Hall–Kier alpha value is -0.110. The zero-order valence-electron chi connectivity index (χ0n) is 7.55. The quantitative estimate of drug-likeness (QED) is 0.928. The number of hydrogen-bond acceptors (Lipinski definition) is 3. The molecule has 2 nitrogen and oxygen atoms in total. The molecule has 1 atom stereocenters. The van der Waals surface area contributed by atoms with Gasteiger partial charge < -0.3 is 10.5 Å². The number of halogens is 4. The minimum Gasteiger partial charge on any atom is -0.370 e. The molecule has 0 radical (unpaired) electrons. The zero-order valence-corrected chi connectivity index (χ0v) is 9.95. The summed E-state index contributed by atoms with van der Waals surface area (Å²) in [5.74, 6) is 0. The van der Waals surface area contributed by atoms with E-state index < -0.39 is 18.8 Å². The fourth-order valence-electron chi connectivity index (χ4n) is 0.911. The lowest BCUT2D eigenvalue weighted by atomic mass is 10.3. The first-order chi connectivity index (χ1) is 6.88. The van der Waals surface area contributed by atoms with Crippen LogP contribution >= 0.6 is 27.3 Å². The minimum absolute atomic E-state index is 0.132. The van der Waals surface area contributed by atoms with Crippen LogP contribution in [-0.2, 0) is 4.74 Å². The molecule has 0 bridgehead atoms. The van der Waals surface area contributed by atoms with Crippen LogP contribution in [0.3, 0.4) is 0 Å². The van der Waals surface area contributed by atoms with E-state index in [0.29, 0.717) is 0 Å². The number of ether oxygens (including phenoxy) is 1. The van der Waals surface area contributed by atoms with Crippen molar-refractivity contribution in [2.45, 2.75) is 12.2 Å². The Morgan fingerprint density at radius 1 is 1.47 bits per heavy atom. The van der Waals surface area contributed by atoms with E-state index in [2.05, 4.69) is 20.7 Å². The normalized spacial score (nSPS) is 14.2. The molecule has 2 N–H and O–H groups in total. The smallest absolute Gasteiger partial charge is 0.370 e. The lowest BCUT2D eigenvalue weighted by molar-refractivity contribution is -0.174. The van der Waals surface area contributed by atoms with Crippen molar-refractivity contribution in [3.8, 4) is 0 Å². The molecule has 1 aromatic rings. The van der Waals surface area contributed by atoms with E-state index in [9.17, 15) is 13.2 Å². The molecule has 7 heteroatoms. The predicted molar refractivity (Wildman–Crippen MR) is 55.8 cm³/mol. The molecule has 1 aromatic heterocycles. The molecule has 1 unspecified atom stereocenters. The van der Waals surface area contributed by atoms with Crippen molar-refractivity contribution in [2.75, 3.05) is 13.2 Å². The second kappa shape index (κ2) is 5.29. The summed E-state index contributed by atoms with van der Waals surface area (Å²) < 4.78 is 40.6. The van der Waals surface area contributed by atoms with Gasteiger partial charge in [-0.3, -0.25) is 0 Å². The predicted octanol–water partition coefficient (Wildman–Crippen LogP) is 3.09. The van der Waals surface area contributed by atoms with Gasteiger partial charge in [0.05, 0.1) is 16.4 Å². The third kappa shape index (κ3) is 4.96. The lowest BCUT2D eigenvalue weighted by Gasteiger charge is -2.11. The molecule has 1 heterocycles. The third-order valence-electron chi connectivity index (χ3n) is 1.52. The van der Waals surface area contributed by atoms with E-state index in [1.165, 1.54) is 11.3 Å². The zero-order chi connectivity index (χ0) is 11.5. The maximum atomic E-state index is 11.7. The van der Waals surface area contributed by atoms with Crippen LogP contribution in [0.4, 0.5) is 13.2 Å². The summed E-state index contributed by atoms with van der Waals surface area (Å²) in [5, 5.41) is 0. The van der Waals surface area contributed by atoms with E-state index in [-0.39, 0.29) is 6.61 Å². The maximum absolute atomic E-state index is 11.7. The average molecular weight is 304 g/mol. The monoisotopic (exact) mass is 303 g/mol. The van der Waals surface area contributed by atoms with Gasteiger partial charge in [-0.2, -0.15) is 13.2 Å². The van der Waals surface area contributed by atoms with Crippen LogP contribution in [0, 0.1) is 0 Å². The summed E-state index contributed by atoms with van der Waals surface area (Å²) in [6, 6.07) is 3.05. The Labute approximate surface area is 97.3 Å². The molecule has 86 valence electrons. The molecule has 0 saturated heterocycles. The molecule has 0 fully saturated rings. The summed E-state index contributed by atoms with van der Waals surface area (Å²) in [5.41, 5.74) is 5.63. The first kappa shape index (κ1) is 13.0. The van der Waals surface area contributed by atoms with Crippen LogP contribution in [0.15, 0.2) is 15.9 Å². The van der Waals surface area contributed by atoms with Gasteiger partial charge in [-0.25, -0.2) is 0 Å². The molecule has 0 saturated carbocycles. The summed E-state index contributed by atoms with van der Waals surface area (Å²) in [6.45, 7) is -1.39. The fraction of sp³-hybridized carbons (Fsp3) is 0.500. The average Bonchev–Trinajstić information content (AvgIpc) is 2.49. The Morgan fingerprint density at radius 3 is 2.60 bits per heavy atom. The molecular formula is C8H9BrF3NOS. The molecule has 15 heavy (non-hydrogen) atoms.